The van der Waals surface area contributed by atoms with Gasteiger partial charge in [0.1, 0.15) is 12.4 Å². The predicted molar refractivity (Wildman–Crippen MR) is 94.7 cm³/mol. The average Bonchev–Trinajstić information content (AvgIpc) is 3.13. The second kappa shape index (κ2) is 8.23. The Morgan fingerprint density at radius 1 is 1.35 bits per heavy atom. The van der Waals surface area contributed by atoms with Crippen molar-refractivity contribution in [2.75, 3.05) is 19.8 Å². The molecule has 0 radical (unpaired) electrons. The highest BCUT2D eigenvalue weighted by Gasteiger charge is 2.34. The van der Waals surface area contributed by atoms with E-state index >= 15 is 0 Å². The lowest BCUT2D eigenvalue weighted by Crippen LogP contribution is -2.45. The Hall–Kier alpha value is -2.54. The molecular formula is C19H24N2O5. The van der Waals surface area contributed by atoms with Gasteiger partial charge in [-0.1, -0.05) is 18.2 Å². The molecule has 26 heavy (non-hydrogen) atoms. The van der Waals surface area contributed by atoms with Gasteiger partial charge in [0.05, 0.1) is 24.3 Å². The summed E-state index contributed by atoms with van der Waals surface area (Å²) in [7, 11) is 0. The quantitative estimate of drug-likeness (QED) is 0.761. The molecule has 7 nitrogen and oxygen atoms in total. The smallest absolute Gasteiger partial charge is 0.338 e. The van der Waals surface area contributed by atoms with E-state index in [4.69, 9.17) is 14.2 Å². The fourth-order valence-electron chi connectivity index (χ4n) is 3.23. The third-order valence-electron chi connectivity index (χ3n) is 4.44. The second-order valence-electron chi connectivity index (χ2n) is 6.27. The van der Waals surface area contributed by atoms with E-state index < -0.39 is 12.0 Å². The molecule has 2 heterocycles. The van der Waals surface area contributed by atoms with Crippen molar-refractivity contribution in [2.45, 2.75) is 38.8 Å². The van der Waals surface area contributed by atoms with Gasteiger partial charge < -0.3 is 24.8 Å². The molecule has 7 heteroatoms. The van der Waals surface area contributed by atoms with Gasteiger partial charge in [-0.3, -0.25) is 0 Å². The van der Waals surface area contributed by atoms with E-state index in [9.17, 15) is 9.59 Å². The number of allylic oxidation sites excluding steroid dienone is 1. The van der Waals surface area contributed by atoms with Crippen molar-refractivity contribution in [1.29, 1.82) is 0 Å². The molecule has 0 spiro atoms. The summed E-state index contributed by atoms with van der Waals surface area (Å²) in [6.45, 7) is 4.97. The first-order valence-electron chi connectivity index (χ1n) is 8.89. The first-order chi connectivity index (χ1) is 12.6. The number of urea groups is 1. The van der Waals surface area contributed by atoms with Crippen molar-refractivity contribution in [3.8, 4) is 5.75 Å². The molecule has 1 aromatic rings. The summed E-state index contributed by atoms with van der Waals surface area (Å²) in [6.07, 6.45) is 1.81. The largest absolute Gasteiger partial charge is 0.494 e. The number of amides is 2. The summed E-state index contributed by atoms with van der Waals surface area (Å²) in [6, 6.07) is 6.35. The Morgan fingerprint density at radius 3 is 2.88 bits per heavy atom. The first-order valence-corrected chi connectivity index (χ1v) is 8.89. The highest BCUT2D eigenvalue weighted by atomic mass is 16.6. The van der Waals surface area contributed by atoms with Crippen LogP contribution in [0, 0.1) is 0 Å². The van der Waals surface area contributed by atoms with Crippen molar-refractivity contribution >= 4 is 12.0 Å². The van der Waals surface area contributed by atoms with Gasteiger partial charge in [0, 0.05) is 17.9 Å². The lowest BCUT2D eigenvalue weighted by molar-refractivity contribution is -0.142. The maximum absolute atomic E-state index is 12.8. The van der Waals surface area contributed by atoms with E-state index in [1.54, 1.807) is 6.92 Å². The number of ether oxygens (including phenoxy) is 3. The van der Waals surface area contributed by atoms with Crippen molar-refractivity contribution < 1.29 is 23.8 Å². The lowest BCUT2D eigenvalue weighted by atomic mass is 9.95. The topological polar surface area (TPSA) is 85.9 Å². The van der Waals surface area contributed by atoms with Gasteiger partial charge in [0.15, 0.2) is 0 Å². The Balaban J connectivity index is 1.85. The van der Waals surface area contributed by atoms with Crippen LogP contribution < -0.4 is 15.4 Å². The van der Waals surface area contributed by atoms with Gasteiger partial charge in [-0.25, -0.2) is 9.59 Å². The zero-order valence-corrected chi connectivity index (χ0v) is 15.0. The molecule has 1 fully saturated rings. The SMILES string of the molecule is CCOc1ccccc1[C@@H]1NC(=O)NC(C)=C1C(=O)OC[C@H]1CCCO1. The monoisotopic (exact) mass is 360 g/mol. The molecule has 0 saturated carbocycles. The average molecular weight is 360 g/mol. The van der Waals surface area contributed by atoms with E-state index in [0.29, 0.717) is 35.8 Å². The molecule has 2 N–H and O–H groups in total. The van der Waals surface area contributed by atoms with Crippen LogP contribution in [0.5, 0.6) is 5.75 Å². The highest BCUT2D eigenvalue weighted by molar-refractivity contribution is 5.95. The second-order valence-corrected chi connectivity index (χ2v) is 6.27. The highest BCUT2D eigenvalue weighted by Crippen LogP contribution is 2.33. The molecule has 1 aromatic carbocycles. The van der Waals surface area contributed by atoms with E-state index in [1.165, 1.54) is 0 Å². The summed E-state index contributed by atoms with van der Waals surface area (Å²) >= 11 is 0. The van der Waals surface area contributed by atoms with Gasteiger partial charge in [-0.05, 0) is 32.8 Å². The van der Waals surface area contributed by atoms with Crippen LogP contribution in [0.25, 0.3) is 0 Å². The van der Waals surface area contributed by atoms with E-state index in [0.717, 1.165) is 12.8 Å². The number of hydrogen-bond acceptors (Lipinski definition) is 5. The lowest BCUT2D eigenvalue weighted by Gasteiger charge is -2.29. The minimum absolute atomic E-state index is 0.0554. The maximum Gasteiger partial charge on any atom is 0.338 e. The maximum atomic E-state index is 12.8. The Bertz CT molecular complexity index is 710. The van der Waals surface area contributed by atoms with E-state index in [-0.39, 0.29) is 18.7 Å². The molecule has 2 atom stereocenters. The first kappa shape index (κ1) is 18.3. The van der Waals surface area contributed by atoms with E-state index in [1.807, 2.05) is 31.2 Å². The molecule has 2 aliphatic rings. The molecule has 0 aliphatic carbocycles. The zero-order chi connectivity index (χ0) is 18.5. The molecular weight excluding hydrogens is 336 g/mol. The third kappa shape index (κ3) is 3.99. The van der Waals surface area contributed by atoms with Crippen LogP contribution in [0.2, 0.25) is 0 Å². The number of benzene rings is 1. The molecule has 0 aromatic heterocycles. The molecule has 3 rings (SSSR count). The number of esters is 1. The fraction of sp³-hybridized carbons (Fsp3) is 0.474. The number of rotatable bonds is 6. The number of nitrogens with one attached hydrogen (secondary N) is 2. The standard InChI is InChI=1S/C19H24N2O5/c1-3-24-15-9-5-4-8-14(15)17-16(12(2)20-19(23)21-17)18(22)26-11-13-7-6-10-25-13/h4-5,8-9,13,17H,3,6-7,10-11H2,1-2H3,(H2,20,21,23)/t13-,17+/m1/s1. The Morgan fingerprint density at radius 2 is 2.15 bits per heavy atom. The van der Waals surface area contributed by atoms with E-state index in [2.05, 4.69) is 10.6 Å². The summed E-state index contributed by atoms with van der Waals surface area (Å²) < 4.78 is 16.6. The van der Waals surface area contributed by atoms with Crippen molar-refractivity contribution in [3.05, 3.63) is 41.1 Å². The molecule has 2 aliphatic heterocycles. The Labute approximate surface area is 152 Å². The van der Waals surface area contributed by atoms with Crippen LogP contribution in [0.4, 0.5) is 4.79 Å². The fourth-order valence-corrected chi connectivity index (χ4v) is 3.23. The van der Waals surface area contributed by atoms with Crippen LogP contribution in [0.15, 0.2) is 35.5 Å². The third-order valence-corrected chi connectivity index (χ3v) is 4.44. The minimum atomic E-state index is -0.636. The van der Waals surface area contributed by atoms with Gasteiger partial charge in [-0.2, -0.15) is 0 Å². The van der Waals surface area contributed by atoms with Crippen molar-refractivity contribution in [1.82, 2.24) is 10.6 Å². The molecule has 1 saturated heterocycles. The van der Waals surface area contributed by atoms with Gasteiger partial charge in [0.25, 0.3) is 0 Å². The number of carbonyl (C=O) groups excluding carboxylic acids is 2. The number of carbonyl (C=O) groups is 2. The molecule has 0 unspecified atom stereocenters. The molecule has 2 amide bonds. The van der Waals surface area contributed by atoms with Crippen molar-refractivity contribution in [3.63, 3.8) is 0 Å². The summed E-state index contributed by atoms with van der Waals surface area (Å²) in [5.41, 5.74) is 1.56. The predicted octanol–water partition coefficient (Wildman–Crippen LogP) is 2.44. The Kier molecular flexibility index (Phi) is 5.78. The van der Waals surface area contributed by atoms with Crippen molar-refractivity contribution in [2.24, 2.45) is 0 Å². The summed E-state index contributed by atoms with van der Waals surface area (Å²) in [4.78, 5) is 24.7. The molecule has 140 valence electrons. The molecule has 0 bridgehead atoms. The zero-order valence-electron chi connectivity index (χ0n) is 15.0. The summed E-state index contributed by atoms with van der Waals surface area (Å²) in [5.74, 6) is 0.154. The van der Waals surface area contributed by atoms with Crippen LogP contribution >= 0.6 is 0 Å². The van der Waals surface area contributed by atoms with Crippen LogP contribution in [-0.2, 0) is 14.3 Å². The van der Waals surface area contributed by atoms with Crippen LogP contribution in [0.1, 0.15) is 38.3 Å². The number of para-hydroxylation sites is 1. The van der Waals surface area contributed by atoms with Crippen LogP contribution in [-0.4, -0.2) is 37.9 Å². The van der Waals surface area contributed by atoms with Crippen LogP contribution in [0.3, 0.4) is 0 Å². The van der Waals surface area contributed by atoms with Gasteiger partial charge >= 0.3 is 12.0 Å². The normalized spacial score (nSPS) is 22.6. The number of hydrogen-bond donors (Lipinski definition) is 2. The van der Waals surface area contributed by atoms with Gasteiger partial charge in [-0.15, -0.1) is 0 Å². The minimum Gasteiger partial charge on any atom is -0.494 e. The summed E-state index contributed by atoms with van der Waals surface area (Å²) in [5, 5.41) is 5.45. The van der Waals surface area contributed by atoms with Gasteiger partial charge in [0.2, 0.25) is 0 Å².